The molecule has 4 aliphatic heterocycles. The van der Waals surface area contributed by atoms with Gasteiger partial charge in [0.05, 0.1) is 5.69 Å². The number of furan rings is 1. The molecule has 11 aromatic carbocycles. The molecular weight excluding hydrogens is 942 g/mol. The average molecular weight is 985 g/mol. The normalized spacial score (nSPS) is 13.6. The van der Waals surface area contributed by atoms with Crippen molar-refractivity contribution in [2.75, 3.05) is 19.6 Å². The molecule has 6 heterocycles. The van der Waals surface area contributed by atoms with E-state index in [2.05, 4.69) is 274 Å². The number of nitrogens with zero attached hydrogens (tertiary/aromatic N) is 4. The highest BCUT2D eigenvalue weighted by atomic mass is 32.1. The van der Waals surface area contributed by atoms with Crippen LogP contribution in [0.5, 0.6) is 0 Å². The summed E-state index contributed by atoms with van der Waals surface area (Å²) in [7, 11) is 0. The number of hydrogen-bond acceptors (Lipinski definition) is 6. The minimum atomic E-state index is -0.196. The predicted octanol–water partition coefficient (Wildman–Crippen LogP) is 14.6. The first-order valence-electron chi connectivity index (χ1n) is 26.2. The Labute approximate surface area is 444 Å². The third-order valence-corrected chi connectivity index (χ3v) is 17.6. The Morgan fingerprint density at radius 1 is 0.342 bits per heavy atom. The lowest BCUT2D eigenvalue weighted by atomic mass is 9.31. The Morgan fingerprint density at radius 3 is 1.54 bits per heavy atom. The van der Waals surface area contributed by atoms with Crippen LogP contribution in [0.15, 0.2) is 259 Å². The van der Waals surface area contributed by atoms with Crippen LogP contribution in [0.2, 0.25) is 0 Å². The molecule has 0 unspecified atom stereocenters. The van der Waals surface area contributed by atoms with Gasteiger partial charge in [-0.3, -0.25) is 4.90 Å². The molecule has 0 atom stereocenters. The molecule has 0 aliphatic carbocycles. The molecule has 0 radical (unpaired) electrons. The Kier molecular flexibility index (Phi) is 8.83. The molecule has 0 amide bonds. The largest absolute Gasteiger partial charge is 0.440 e. The monoisotopic (exact) mass is 984 g/mol. The molecule has 0 spiro atoms. The maximum absolute atomic E-state index is 7.29. The van der Waals surface area contributed by atoms with E-state index in [1.165, 1.54) is 81.3 Å². The second kappa shape index (κ2) is 16.0. The zero-order chi connectivity index (χ0) is 49.6. The molecule has 13 aromatic rings. The van der Waals surface area contributed by atoms with Crippen molar-refractivity contribution in [3.05, 3.63) is 255 Å². The Morgan fingerprint density at radius 2 is 0.842 bits per heavy atom. The van der Waals surface area contributed by atoms with E-state index >= 15 is 0 Å². The molecule has 5 nitrogen and oxygen atoms in total. The van der Waals surface area contributed by atoms with Crippen molar-refractivity contribution < 1.29 is 4.42 Å². The highest BCUT2D eigenvalue weighted by Crippen LogP contribution is 2.52. The molecule has 8 heteroatoms. The fraction of sp³-hybridized carbons (Fsp3) is 0. The standard InChI is InChI=1S/C68H42B2N4OS/c1-5-23-45(24-6-1)71-55-35-20-36-56-64(55)70(67-66(52-33-16-18-38-62(52)76-67)73(56)47-27-9-3-10-28-47)54-41-53-57(42-58(54)71)72(46-25-7-2-8-26-46)59-39-44(50-34-19-22-43-21-13-14-31-49(43)50)40-60-65(59)69(53)63-51-32-15-17-37-61(51)75-68(63)74(60)48-29-11-4-12-30-48/h1-42H. The molecule has 0 saturated carbocycles. The molecule has 76 heavy (non-hydrogen) atoms. The Bertz CT molecular complexity index is 4520. The number of anilines is 12. The molecule has 0 bridgehead atoms. The van der Waals surface area contributed by atoms with Crippen molar-refractivity contribution in [3.8, 4) is 11.1 Å². The van der Waals surface area contributed by atoms with Gasteiger partial charge >= 0.3 is 0 Å². The zero-order valence-corrected chi connectivity index (χ0v) is 41.8. The number of fused-ring (bicyclic) bond motifs is 13. The van der Waals surface area contributed by atoms with Crippen LogP contribution < -0.4 is 51.7 Å². The predicted molar refractivity (Wildman–Crippen MR) is 323 cm³/mol. The lowest BCUT2D eigenvalue weighted by Crippen LogP contribution is -2.64. The maximum Gasteiger partial charge on any atom is 0.264 e. The van der Waals surface area contributed by atoms with Gasteiger partial charge in [-0.05, 0) is 135 Å². The topological polar surface area (TPSA) is 26.1 Å². The van der Waals surface area contributed by atoms with E-state index in [9.17, 15) is 0 Å². The zero-order valence-electron chi connectivity index (χ0n) is 41.0. The van der Waals surface area contributed by atoms with E-state index in [-0.39, 0.29) is 13.4 Å². The molecule has 0 saturated heterocycles. The Balaban J connectivity index is 1.02. The van der Waals surface area contributed by atoms with E-state index in [1.807, 2.05) is 11.3 Å². The molecule has 2 aromatic heterocycles. The van der Waals surface area contributed by atoms with Crippen LogP contribution in [0.25, 0.3) is 43.0 Å². The third kappa shape index (κ3) is 5.82. The van der Waals surface area contributed by atoms with Crippen molar-refractivity contribution in [1.29, 1.82) is 0 Å². The van der Waals surface area contributed by atoms with Crippen molar-refractivity contribution in [3.63, 3.8) is 0 Å². The van der Waals surface area contributed by atoms with E-state index in [4.69, 9.17) is 4.42 Å². The summed E-state index contributed by atoms with van der Waals surface area (Å²) in [5.41, 5.74) is 22.1. The quantitative estimate of drug-likeness (QED) is 0.160. The minimum Gasteiger partial charge on any atom is -0.440 e. The van der Waals surface area contributed by atoms with E-state index in [0.717, 1.165) is 62.2 Å². The number of para-hydroxylation sites is 5. The van der Waals surface area contributed by atoms with Gasteiger partial charge in [0, 0.05) is 82.6 Å². The summed E-state index contributed by atoms with van der Waals surface area (Å²) in [6.45, 7) is -0.262. The molecule has 0 N–H and O–H groups in total. The molecule has 0 fully saturated rings. The summed E-state index contributed by atoms with van der Waals surface area (Å²) >= 11 is 1.94. The second-order valence-electron chi connectivity index (χ2n) is 20.3. The number of hydrogen-bond donors (Lipinski definition) is 0. The molecule has 17 rings (SSSR count). The van der Waals surface area contributed by atoms with Crippen LogP contribution in [0.3, 0.4) is 0 Å². The summed E-state index contributed by atoms with van der Waals surface area (Å²) in [5, 5.41) is 4.82. The molecule has 4 aliphatic rings. The van der Waals surface area contributed by atoms with Crippen molar-refractivity contribution in [2.24, 2.45) is 0 Å². The lowest BCUT2D eigenvalue weighted by molar-refractivity contribution is 0.623. The second-order valence-corrected chi connectivity index (χ2v) is 21.4. The van der Waals surface area contributed by atoms with Gasteiger partial charge in [-0.2, -0.15) is 0 Å². The van der Waals surface area contributed by atoms with Gasteiger partial charge < -0.3 is 19.1 Å². The van der Waals surface area contributed by atoms with Gasteiger partial charge in [0.1, 0.15) is 5.58 Å². The minimum absolute atomic E-state index is 0.0661. The summed E-state index contributed by atoms with van der Waals surface area (Å²) in [5.74, 6) is 0.851. The number of benzene rings is 11. The molecule has 352 valence electrons. The molecular formula is C68H42B2N4OS. The first-order chi connectivity index (χ1) is 37.7. The van der Waals surface area contributed by atoms with Crippen LogP contribution in [-0.4, -0.2) is 13.4 Å². The van der Waals surface area contributed by atoms with Crippen LogP contribution >= 0.6 is 11.3 Å². The summed E-state index contributed by atoms with van der Waals surface area (Å²) in [4.78, 5) is 10.0. The number of rotatable bonds is 5. The maximum atomic E-state index is 7.29. The van der Waals surface area contributed by atoms with Crippen LogP contribution in [-0.2, 0) is 0 Å². The van der Waals surface area contributed by atoms with Crippen LogP contribution in [0, 0.1) is 0 Å². The van der Waals surface area contributed by atoms with E-state index < -0.39 is 0 Å². The van der Waals surface area contributed by atoms with Gasteiger partial charge in [-0.1, -0.05) is 164 Å². The van der Waals surface area contributed by atoms with Crippen LogP contribution in [0.1, 0.15) is 0 Å². The van der Waals surface area contributed by atoms with Crippen molar-refractivity contribution >= 4 is 157 Å². The first kappa shape index (κ1) is 41.9. The van der Waals surface area contributed by atoms with E-state index in [1.54, 1.807) is 0 Å². The fourth-order valence-electron chi connectivity index (χ4n) is 13.3. The van der Waals surface area contributed by atoms with Gasteiger partial charge in [-0.15, -0.1) is 11.3 Å². The highest BCUT2D eigenvalue weighted by molar-refractivity contribution is 7.33. The van der Waals surface area contributed by atoms with E-state index in [0.29, 0.717) is 0 Å². The summed E-state index contributed by atoms with van der Waals surface area (Å²) < 4.78 is 9.92. The van der Waals surface area contributed by atoms with Gasteiger partial charge in [0.25, 0.3) is 13.4 Å². The fourth-order valence-corrected chi connectivity index (χ4v) is 14.7. The van der Waals surface area contributed by atoms with Gasteiger partial charge in [0.2, 0.25) is 5.88 Å². The van der Waals surface area contributed by atoms with Gasteiger partial charge in [-0.25, -0.2) is 0 Å². The first-order valence-corrected chi connectivity index (χ1v) is 27.0. The SMILES string of the molecule is c1ccc(N2c3cc4c(cc3B3c5c2cc(-c2cccc6ccccc26)cc5N(c2ccccc2)c2oc5ccccc5c23)B2c3sc5ccccc5c3N(c3ccccc3)c3cccc(c32)N4c2ccccc2)cc1. The van der Waals surface area contributed by atoms with Crippen molar-refractivity contribution in [1.82, 2.24) is 0 Å². The average Bonchev–Trinajstić information content (AvgIpc) is 4.18. The summed E-state index contributed by atoms with van der Waals surface area (Å²) in [6, 6.07) is 93.9. The lowest BCUT2D eigenvalue weighted by Gasteiger charge is -2.46. The smallest absolute Gasteiger partial charge is 0.264 e. The third-order valence-electron chi connectivity index (χ3n) is 16.4. The number of thiophene rings is 1. The van der Waals surface area contributed by atoms with Gasteiger partial charge in [0.15, 0.2) is 0 Å². The Hall–Kier alpha value is -9.49. The highest BCUT2D eigenvalue weighted by Gasteiger charge is 2.50. The summed E-state index contributed by atoms with van der Waals surface area (Å²) in [6.07, 6.45) is 0. The van der Waals surface area contributed by atoms with Crippen molar-refractivity contribution in [2.45, 2.75) is 0 Å². The van der Waals surface area contributed by atoms with Crippen LogP contribution in [0.4, 0.5) is 68.4 Å².